The van der Waals surface area contributed by atoms with Crippen molar-refractivity contribution in [2.75, 3.05) is 20.3 Å². The second kappa shape index (κ2) is 15.5. The first-order chi connectivity index (χ1) is 18.5. The molecule has 2 fully saturated rings. The number of rotatable bonds is 14. The molecule has 1 saturated heterocycles. The van der Waals surface area contributed by atoms with E-state index >= 15 is 0 Å². The van der Waals surface area contributed by atoms with Crippen LogP contribution in [-0.4, -0.2) is 73.2 Å². The van der Waals surface area contributed by atoms with E-state index in [1.165, 1.54) is 11.6 Å². The predicted molar refractivity (Wildman–Crippen MR) is 160 cm³/mol. The van der Waals surface area contributed by atoms with Gasteiger partial charge in [-0.3, -0.25) is 0 Å². The summed E-state index contributed by atoms with van der Waals surface area (Å²) in [6.07, 6.45) is 8.08. The van der Waals surface area contributed by atoms with Crippen molar-refractivity contribution in [1.29, 1.82) is 0 Å². The zero-order valence-electron chi connectivity index (χ0n) is 25.0. The summed E-state index contributed by atoms with van der Waals surface area (Å²) in [5.74, 6) is 0.231. The summed E-state index contributed by atoms with van der Waals surface area (Å²) in [5.41, 5.74) is 0. The van der Waals surface area contributed by atoms with Gasteiger partial charge in [-0.05, 0) is 12.8 Å². The fourth-order valence-electron chi connectivity index (χ4n) is 5.38. The normalized spacial score (nSPS) is 26.9. The first-order valence-corrected chi connectivity index (χ1v) is 19.7. The van der Waals surface area contributed by atoms with Gasteiger partial charge in [0.15, 0.2) is 0 Å². The van der Waals surface area contributed by atoms with Gasteiger partial charge in [-0.15, -0.1) is 0 Å². The molecule has 0 spiro atoms. The zero-order valence-corrected chi connectivity index (χ0v) is 27.7. The molecule has 1 heterocycles. The van der Waals surface area contributed by atoms with Crippen LogP contribution in [0.5, 0.6) is 0 Å². The van der Waals surface area contributed by atoms with Crippen LogP contribution in [0.15, 0.2) is 30.3 Å². The number of hydrogen-bond donors (Lipinski definition) is 1. The Labute approximate surface area is 244 Å². The Morgan fingerprint density at radius 1 is 1.13 bits per heavy atom. The van der Waals surface area contributed by atoms with Crippen LogP contribution in [0.4, 0.5) is 0 Å². The summed E-state index contributed by atoms with van der Waals surface area (Å²) in [4.78, 5) is 12.4. The van der Waals surface area contributed by atoms with Crippen LogP contribution in [0.2, 0.25) is 22.9 Å². The van der Waals surface area contributed by atoms with Crippen molar-refractivity contribution < 1.29 is 28.5 Å². The topological polar surface area (TPSA) is 74.2 Å². The molecular weight excluding hydrogens is 575 g/mol. The molecule has 222 valence electrons. The van der Waals surface area contributed by atoms with Gasteiger partial charge in [-0.25, -0.2) is 0 Å². The Balaban J connectivity index is 1.55. The van der Waals surface area contributed by atoms with Gasteiger partial charge >= 0.3 is 205 Å². The Kier molecular flexibility index (Phi) is 13.0. The first-order valence-electron chi connectivity index (χ1n) is 14.9. The summed E-state index contributed by atoms with van der Waals surface area (Å²) in [5, 5.41) is 11.3. The van der Waals surface area contributed by atoms with E-state index in [4.69, 9.17) is 18.6 Å². The summed E-state index contributed by atoms with van der Waals surface area (Å²) in [6, 6.07) is 10.3. The van der Waals surface area contributed by atoms with Crippen LogP contribution < -0.4 is 4.46 Å². The third-order valence-corrected chi connectivity index (χ3v) is 16.0. The molecule has 1 aromatic rings. The van der Waals surface area contributed by atoms with Crippen molar-refractivity contribution in [2.24, 2.45) is 11.8 Å². The molecule has 3 rings (SSSR count). The molecule has 2 unspecified atom stereocenters. The molecule has 1 aliphatic heterocycles. The van der Waals surface area contributed by atoms with Crippen LogP contribution in [0.1, 0.15) is 78.6 Å². The number of hydrogen-bond acceptors (Lipinski definition) is 6. The van der Waals surface area contributed by atoms with Crippen molar-refractivity contribution in [2.45, 2.75) is 120 Å². The van der Waals surface area contributed by atoms with Crippen LogP contribution in [-0.2, 0) is 23.4 Å². The zero-order chi connectivity index (χ0) is 28.5. The van der Waals surface area contributed by atoms with E-state index in [1.54, 1.807) is 0 Å². The van der Waals surface area contributed by atoms with Gasteiger partial charge in [-0.1, -0.05) is 20.8 Å². The Bertz CT molecular complexity index is 854. The van der Waals surface area contributed by atoms with Gasteiger partial charge in [0.1, 0.15) is 0 Å². The number of aliphatic hydroxyl groups is 1. The number of ether oxygens (including phenoxy) is 3. The van der Waals surface area contributed by atoms with Gasteiger partial charge in [0.25, 0.3) is 0 Å². The molecule has 0 aromatic heterocycles. The van der Waals surface area contributed by atoms with Gasteiger partial charge in [-0.2, -0.15) is 0 Å². The van der Waals surface area contributed by atoms with Crippen LogP contribution in [0, 0.1) is 11.8 Å². The maximum atomic E-state index is 12.4. The first kappa shape index (κ1) is 32.8. The summed E-state index contributed by atoms with van der Waals surface area (Å²) >= 11 is 0.0634. The van der Waals surface area contributed by atoms with E-state index in [-0.39, 0.29) is 61.1 Å². The summed E-state index contributed by atoms with van der Waals surface area (Å²) < 4.78 is 25.4. The van der Waals surface area contributed by atoms with Crippen molar-refractivity contribution >= 4 is 33.7 Å². The number of carbonyl (C=O) groups is 1. The fraction of sp³-hybridized carbons (Fsp3) is 0.774. The number of unbranched alkanes of at least 4 members (excludes halogenated alkanes) is 2. The number of esters is 1. The molecule has 8 heteroatoms. The standard InChI is InChI=1S/C31H52O6SeSi/c1-31(2,3)39(5,6)36-22-25-24(26(32)21-27(25)37-29-19-13-14-20-35-29)17-11-8-12-18-28(30(33)34-4)38-23-15-9-7-10-16-23/h7,9-10,15-16,24-29,32H,8,11-14,17-22H2,1-6H3/t24-,25+,26+,27-,28?,29?/m1/s1. The molecule has 6 atom stereocenters. The molecule has 1 aliphatic carbocycles. The summed E-state index contributed by atoms with van der Waals surface area (Å²) in [6.45, 7) is 12.8. The Morgan fingerprint density at radius 3 is 2.51 bits per heavy atom. The van der Waals surface area contributed by atoms with Crippen LogP contribution in [0.3, 0.4) is 0 Å². The molecule has 0 radical (unpaired) electrons. The monoisotopic (exact) mass is 628 g/mol. The number of methoxy groups -OCH3 is 1. The van der Waals surface area contributed by atoms with Crippen molar-refractivity contribution in [1.82, 2.24) is 0 Å². The third-order valence-electron chi connectivity index (χ3n) is 8.89. The molecule has 1 N–H and O–H groups in total. The number of benzene rings is 1. The average Bonchev–Trinajstić information content (AvgIpc) is 3.20. The van der Waals surface area contributed by atoms with Gasteiger partial charge in [0, 0.05) is 6.61 Å². The number of aliphatic hydroxyl groups excluding tert-OH is 1. The molecule has 2 aliphatic rings. The van der Waals surface area contributed by atoms with Crippen molar-refractivity contribution in [3.05, 3.63) is 30.3 Å². The van der Waals surface area contributed by atoms with Gasteiger partial charge in [0.05, 0.1) is 0 Å². The van der Waals surface area contributed by atoms with Gasteiger partial charge < -0.3 is 0 Å². The van der Waals surface area contributed by atoms with E-state index < -0.39 is 8.32 Å². The van der Waals surface area contributed by atoms with E-state index in [0.29, 0.717) is 13.0 Å². The predicted octanol–water partition coefficient (Wildman–Crippen LogP) is 5.86. The van der Waals surface area contributed by atoms with E-state index in [2.05, 4.69) is 46.0 Å². The Morgan fingerprint density at radius 2 is 1.87 bits per heavy atom. The summed E-state index contributed by atoms with van der Waals surface area (Å²) in [7, 11) is -0.433. The molecule has 6 nitrogen and oxygen atoms in total. The van der Waals surface area contributed by atoms with E-state index in [9.17, 15) is 9.90 Å². The molecule has 1 aromatic carbocycles. The molecular formula is C31H52O6SeSi. The fourth-order valence-corrected chi connectivity index (χ4v) is 8.77. The van der Waals surface area contributed by atoms with Crippen LogP contribution in [0.25, 0.3) is 0 Å². The minimum absolute atomic E-state index is 0.0323. The minimum atomic E-state index is -1.92. The molecule has 39 heavy (non-hydrogen) atoms. The molecule has 0 bridgehead atoms. The maximum absolute atomic E-state index is 12.4. The van der Waals surface area contributed by atoms with Crippen molar-refractivity contribution in [3.8, 4) is 0 Å². The van der Waals surface area contributed by atoms with Crippen LogP contribution >= 0.6 is 0 Å². The quantitative estimate of drug-likeness (QED) is 0.158. The second-order valence-electron chi connectivity index (χ2n) is 12.8. The van der Waals surface area contributed by atoms with Gasteiger partial charge in [0.2, 0.25) is 0 Å². The molecule has 0 amide bonds. The molecule has 1 saturated carbocycles. The SMILES string of the molecule is COC(=O)C(CCCCC[C@@H]1[C@H](CO[Si](C)(C)C(C)(C)C)[C@H](OC2CCCCO2)C[C@@H]1O)[Se]c1ccccc1. The third kappa shape index (κ3) is 9.95. The average molecular weight is 628 g/mol. The van der Waals surface area contributed by atoms with E-state index in [0.717, 1.165) is 58.0 Å². The van der Waals surface area contributed by atoms with E-state index in [1.807, 2.05) is 18.2 Å². The second-order valence-corrected chi connectivity index (χ2v) is 20.2. The number of carbonyl (C=O) groups excluding carboxylic acids is 1. The Hall–Kier alpha value is -0.734. The van der Waals surface area contributed by atoms with Crippen molar-refractivity contribution in [3.63, 3.8) is 0 Å².